The van der Waals surface area contributed by atoms with Gasteiger partial charge in [0.05, 0.1) is 26.9 Å². The highest BCUT2D eigenvalue weighted by atomic mass is 35.5. The lowest BCUT2D eigenvalue weighted by Crippen LogP contribution is -2.27. The number of carbonyl (C=O) groups excluding carboxylic acids is 2. The Hall–Kier alpha value is -3.63. The van der Waals surface area contributed by atoms with Crippen LogP contribution in [0.25, 0.3) is 0 Å². The van der Waals surface area contributed by atoms with Crippen LogP contribution in [-0.4, -0.2) is 33.9 Å². The molecule has 0 saturated carbocycles. The number of hydrogen-bond acceptors (Lipinski definition) is 5. The number of hydrogen-bond donors (Lipinski definition) is 2. The normalized spacial score (nSPS) is 12.9. The number of anilines is 3. The van der Waals surface area contributed by atoms with E-state index < -0.39 is 21.7 Å². The molecule has 8 nitrogen and oxygen atoms in total. The third-order valence-electron chi connectivity index (χ3n) is 4.90. The van der Waals surface area contributed by atoms with E-state index in [0.717, 1.165) is 22.5 Å². The van der Waals surface area contributed by atoms with E-state index in [1.54, 1.807) is 12.1 Å². The first kappa shape index (κ1) is 22.6. The van der Waals surface area contributed by atoms with Crippen molar-refractivity contribution in [3.63, 3.8) is 0 Å². The summed E-state index contributed by atoms with van der Waals surface area (Å²) in [6, 6.07) is 13.4. The number of nitrogens with one attached hydrogen (secondary N) is 2. The summed E-state index contributed by atoms with van der Waals surface area (Å²) in [7, 11) is -2.74. The highest BCUT2D eigenvalue weighted by Crippen LogP contribution is 2.31. The molecule has 0 bridgehead atoms. The van der Waals surface area contributed by atoms with Crippen molar-refractivity contribution in [1.29, 1.82) is 0 Å². The van der Waals surface area contributed by atoms with Crippen LogP contribution in [0, 0.1) is 5.82 Å². The van der Waals surface area contributed by atoms with Gasteiger partial charge in [-0.2, -0.15) is 0 Å². The van der Waals surface area contributed by atoms with Gasteiger partial charge in [-0.1, -0.05) is 11.6 Å². The molecule has 1 aliphatic heterocycles. The summed E-state index contributed by atoms with van der Waals surface area (Å²) in [4.78, 5) is 24.2. The second-order valence-corrected chi connectivity index (χ2v) is 9.47. The summed E-state index contributed by atoms with van der Waals surface area (Å²) >= 11 is 6.17. The lowest BCUT2D eigenvalue weighted by Gasteiger charge is -2.20. The molecule has 2 N–H and O–H groups in total. The van der Waals surface area contributed by atoms with Crippen LogP contribution in [0.1, 0.15) is 10.4 Å². The summed E-state index contributed by atoms with van der Waals surface area (Å²) in [6.07, 6.45) is 0. The predicted octanol–water partition coefficient (Wildman–Crippen LogP) is 3.89. The van der Waals surface area contributed by atoms with Crippen molar-refractivity contribution in [1.82, 2.24) is 0 Å². The first-order valence-corrected chi connectivity index (χ1v) is 11.4. The summed E-state index contributed by atoms with van der Waals surface area (Å²) < 4.78 is 45.6. The molecular formula is C22H17ClFN3O5S. The molecule has 170 valence electrons. The molecule has 33 heavy (non-hydrogen) atoms. The maximum atomic E-state index is 13.2. The fourth-order valence-electron chi connectivity index (χ4n) is 3.15. The van der Waals surface area contributed by atoms with E-state index in [1.807, 2.05) is 0 Å². The van der Waals surface area contributed by atoms with Gasteiger partial charge < -0.3 is 15.4 Å². The summed E-state index contributed by atoms with van der Waals surface area (Å²) in [6.45, 7) is -0.0953. The molecule has 0 atom stereocenters. The first-order valence-electron chi connectivity index (χ1n) is 9.57. The fraction of sp³-hybridized carbons (Fsp3) is 0.0909. The zero-order valence-corrected chi connectivity index (χ0v) is 18.7. The number of amides is 2. The molecule has 0 aromatic heterocycles. The molecule has 1 aliphatic rings. The van der Waals surface area contributed by atoms with Gasteiger partial charge in [-0.15, -0.1) is 0 Å². The van der Waals surface area contributed by atoms with Crippen LogP contribution in [0.4, 0.5) is 21.5 Å². The SMILES string of the molecule is CN(c1ccc(F)cc1)S(=O)(=O)c1ccc(Cl)c(C(=O)Nc2ccc3c(c2)NC(=O)CO3)c1. The molecule has 0 fully saturated rings. The molecule has 0 spiro atoms. The number of nitrogens with zero attached hydrogens (tertiary/aromatic N) is 1. The smallest absolute Gasteiger partial charge is 0.264 e. The van der Waals surface area contributed by atoms with Gasteiger partial charge in [0.1, 0.15) is 11.6 Å². The molecule has 1 heterocycles. The number of sulfonamides is 1. The van der Waals surface area contributed by atoms with Gasteiger partial charge in [0.25, 0.3) is 21.8 Å². The zero-order valence-electron chi connectivity index (χ0n) is 17.1. The van der Waals surface area contributed by atoms with Crippen LogP contribution < -0.4 is 19.7 Å². The fourth-order valence-corrected chi connectivity index (χ4v) is 4.57. The van der Waals surface area contributed by atoms with Gasteiger partial charge in [0.2, 0.25) is 0 Å². The molecule has 0 radical (unpaired) electrons. The second kappa shape index (κ2) is 8.72. The Bertz CT molecular complexity index is 1360. The van der Waals surface area contributed by atoms with Crippen molar-refractivity contribution < 1.29 is 27.1 Å². The third-order valence-corrected chi connectivity index (χ3v) is 7.01. The van der Waals surface area contributed by atoms with Crippen molar-refractivity contribution in [3.8, 4) is 5.75 Å². The highest BCUT2D eigenvalue weighted by molar-refractivity contribution is 7.92. The van der Waals surface area contributed by atoms with Crippen molar-refractivity contribution >= 4 is 50.5 Å². The zero-order chi connectivity index (χ0) is 23.8. The van der Waals surface area contributed by atoms with E-state index in [-0.39, 0.29) is 33.7 Å². The van der Waals surface area contributed by atoms with Crippen molar-refractivity contribution in [2.24, 2.45) is 0 Å². The molecule has 3 aromatic rings. The maximum absolute atomic E-state index is 13.2. The van der Waals surface area contributed by atoms with Gasteiger partial charge in [-0.25, -0.2) is 12.8 Å². The number of fused-ring (bicyclic) bond motifs is 1. The predicted molar refractivity (Wildman–Crippen MR) is 122 cm³/mol. The van der Waals surface area contributed by atoms with Crippen LogP contribution >= 0.6 is 11.6 Å². The minimum atomic E-state index is -4.06. The Balaban J connectivity index is 1.60. The third kappa shape index (κ3) is 4.62. The molecule has 0 aliphatic carbocycles. The Labute approximate surface area is 194 Å². The molecule has 0 unspecified atom stereocenters. The largest absolute Gasteiger partial charge is 0.482 e. The van der Waals surface area contributed by atoms with Crippen LogP contribution in [0.2, 0.25) is 5.02 Å². The van der Waals surface area contributed by atoms with E-state index in [1.165, 1.54) is 37.4 Å². The number of benzene rings is 3. The molecule has 11 heteroatoms. The Morgan fingerprint density at radius 2 is 1.85 bits per heavy atom. The maximum Gasteiger partial charge on any atom is 0.264 e. The minimum absolute atomic E-state index is 0.0467. The average Bonchev–Trinajstić information content (AvgIpc) is 2.79. The van der Waals surface area contributed by atoms with E-state index in [0.29, 0.717) is 17.1 Å². The minimum Gasteiger partial charge on any atom is -0.482 e. The van der Waals surface area contributed by atoms with Gasteiger partial charge >= 0.3 is 0 Å². The molecule has 3 aromatic carbocycles. The van der Waals surface area contributed by atoms with E-state index >= 15 is 0 Å². The van der Waals surface area contributed by atoms with Crippen LogP contribution in [0.5, 0.6) is 5.75 Å². The second-order valence-electron chi connectivity index (χ2n) is 7.09. The summed E-state index contributed by atoms with van der Waals surface area (Å²) in [5.41, 5.74) is 0.920. The Kier molecular flexibility index (Phi) is 5.96. The highest BCUT2D eigenvalue weighted by Gasteiger charge is 2.24. The number of carbonyl (C=O) groups is 2. The van der Waals surface area contributed by atoms with Gasteiger partial charge in [0, 0.05) is 12.7 Å². The summed E-state index contributed by atoms with van der Waals surface area (Å²) in [5.74, 6) is -1.01. The van der Waals surface area contributed by atoms with E-state index in [2.05, 4.69) is 10.6 Å². The summed E-state index contributed by atoms with van der Waals surface area (Å²) in [5, 5.41) is 5.31. The molecular weight excluding hydrogens is 473 g/mol. The Morgan fingerprint density at radius 1 is 1.12 bits per heavy atom. The van der Waals surface area contributed by atoms with Gasteiger partial charge in [0.15, 0.2) is 6.61 Å². The molecule has 0 saturated heterocycles. The molecule has 2 amide bonds. The first-order chi connectivity index (χ1) is 15.6. The van der Waals surface area contributed by atoms with Crippen LogP contribution in [0.15, 0.2) is 65.6 Å². The number of ether oxygens (including phenoxy) is 1. The van der Waals surface area contributed by atoms with E-state index in [4.69, 9.17) is 16.3 Å². The average molecular weight is 490 g/mol. The van der Waals surface area contributed by atoms with Crippen molar-refractivity contribution in [2.75, 3.05) is 28.6 Å². The lowest BCUT2D eigenvalue weighted by molar-refractivity contribution is -0.118. The topological polar surface area (TPSA) is 105 Å². The lowest BCUT2D eigenvalue weighted by atomic mass is 10.2. The quantitative estimate of drug-likeness (QED) is 0.565. The van der Waals surface area contributed by atoms with Gasteiger partial charge in [-0.3, -0.25) is 13.9 Å². The van der Waals surface area contributed by atoms with Crippen molar-refractivity contribution in [2.45, 2.75) is 4.90 Å². The molecule has 4 rings (SSSR count). The van der Waals surface area contributed by atoms with Crippen LogP contribution in [-0.2, 0) is 14.8 Å². The van der Waals surface area contributed by atoms with E-state index in [9.17, 15) is 22.4 Å². The van der Waals surface area contributed by atoms with Crippen molar-refractivity contribution in [3.05, 3.63) is 77.1 Å². The number of rotatable bonds is 5. The Morgan fingerprint density at radius 3 is 2.58 bits per heavy atom. The monoisotopic (exact) mass is 489 g/mol. The standard InChI is InChI=1S/C22H17ClFN3O5S/c1-27(15-5-2-13(24)3-6-15)33(30,31)16-7-8-18(23)17(11-16)22(29)25-14-4-9-20-19(10-14)26-21(28)12-32-20/h2-11H,12H2,1H3,(H,25,29)(H,26,28). The van der Waals surface area contributed by atoms with Gasteiger partial charge in [-0.05, 0) is 60.7 Å². The van der Waals surface area contributed by atoms with Crippen LogP contribution in [0.3, 0.4) is 0 Å². The number of halogens is 2.